The summed E-state index contributed by atoms with van der Waals surface area (Å²) in [7, 11) is 0. The number of imidazole rings is 1. The largest absolute Gasteiger partial charge is 0.481 e. The number of alkyl halides is 3. The second-order valence-electron chi connectivity index (χ2n) is 7.90. The molecule has 1 fully saturated rings. The van der Waals surface area contributed by atoms with Gasteiger partial charge in [0.1, 0.15) is 17.7 Å². The van der Waals surface area contributed by atoms with Gasteiger partial charge in [-0.1, -0.05) is 35.9 Å². The molecule has 0 atom stereocenters. The van der Waals surface area contributed by atoms with Crippen molar-refractivity contribution in [2.24, 2.45) is 5.92 Å². The van der Waals surface area contributed by atoms with E-state index in [0.717, 1.165) is 23.4 Å². The van der Waals surface area contributed by atoms with Crippen LogP contribution in [0.5, 0.6) is 0 Å². The summed E-state index contributed by atoms with van der Waals surface area (Å²) < 4.78 is 45.8. The number of aliphatic carboxylic acids is 1. The number of hydrogen-bond acceptors (Lipinski definition) is 5. The highest BCUT2D eigenvalue weighted by Crippen LogP contribution is 2.33. The summed E-state index contributed by atoms with van der Waals surface area (Å²) in [4.78, 5) is 21.6. The lowest BCUT2D eigenvalue weighted by Gasteiger charge is -2.36. The third kappa shape index (κ3) is 4.19. The summed E-state index contributed by atoms with van der Waals surface area (Å²) in [6.07, 6.45) is -0.786. The van der Waals surface area contributed by atoms with Crippen LogP contribution in [0.2, 0.25) is 5.02 Å². The third-order valence-corrected chi connectivity index (χ3v) is 5.80. The predicted molar refractivity (Wildman–Crippen MR) is 113 cm³/mol. The van der Waals surface area contributed by atoms with E-state index in [1.807, 2.05) is 24.3 Å². The Morgan fingerprint density at radius 3 is 2.55 bits per heavy atom. The molecule has 0 unspecified atom stereocenters. The number of benzene rings is 1. The SMILES string of the molecule is O=C(O)C1CN(Cc2ccc(-c3coc(-c4cn5cc(C(F)(F)F)cc(Cl)c5n4)n3)cc2)C1. The van der Waals surface area contributed by atoms with Crippen molar-refractivity contribution in [3.05, 3.63) is 65.1 Å². The molecule has 4 aromatic rings. The maximum absolute atomic E-state index is 13.0. The van der Waals surface area contributed by atoms with E-state index in [4.69, 9.17) is 21.1 Å². The molecule has 1 aliphatic rings. The lowest BCUT2D eigenvalue weighted by Crippen LogP contribution is -2.49. The molecule has 170 valence electrons. The van der Waals surface area contributed by atoms with Crippen LogP contribution in [-0.4, -0.2) is 43.4 Å². The smallest absolute Gasteiger partial charge is 0.417 e. The highest BCUT2D eigenvalue weighted by molar-refractivity contribution is 6.33. The first-order valence-corrected chi connectivity index (χ1v) is 10.3. The first-order valence-electron chi connectivity index (χ1n) is 9.93. The third-order valence-electron chi connectivity index (χ3n) is 5.52. The van der Waals surface area contributed by atoms with Gasteiger partial charge in [0.05, 0.1) is 16.5 Å². The number of oxazole rings is 1. The van der Waals surface area contributed by atoms with Crippen molar-refractivity contribution in [3.63, 3.8) is 0 Å². The van der Waals surface area contributed by atoms with E-state index in [2.05, 4.69) is 14.9 Å². The Morgan fingerprint density at radius 1 is 1.15 bits per heavy atom. The van der Waals surface area contributed by atoms with Crippen molar-refractivity contribution in [1.29, 1.82) is 0 Å². The van der Waals surface area contributed by atoms with E-state index in [0.29, 0.717) is 25.3 Å². The van der Waals surface area contributed by atoms with Gasteiger partial charge in [-0.25, -0.2) is 9.97 Å². The van der Waals surface area contributed by atoms with Crippen LogP contribution in [0.1, 0.15) is 11.1 Å². The number of carboxylic acid groups (broad SMARTS) is 1. The standard InChI is InChI=1S/C22H16ClF3N4O3/c23-16-5-15(22(24,25)26)9-30-10-17(27-19(16)30)20-28-18(11-33-20)13-3-1-12(2-4-13)6-29-7-14(8-29)21(31)32/h1-5,9-11,14H,6-8H2,(H,31,32). The Bertz CT molecular complexity index is 1340. The van der Waals surface area contributed by atoms with Gasteiger partial charge in [-0.15, -0.1) is 0 Å². The highest BCUT2D eigenvalue weighted by atomic mass is 35.5. The summed E-state index contributed by atoms with van der Waals surface area (Å²) in [5, 5.41) is 8.83. The number of nitrogens with zero attached hydrogens (tertiary/aromatic N) is 4. The molecule has 0 aliphatic carbocycles. The Balaban J connectivity index is 1.33. The van der Waals surface area contributed by atoms with Crippen molar-refractivity contribution in [1.82, 2.24) is 19.3 Å². The summed E-state index contributed by atoms with van der Waals surface area (Å²) in [6, 6.07) is 8.45. The number of aromatic nitrogens is 3. The molecule has 7 nitrogen and oxygen atoms in total. The van der Waals surface area contributed by atoms with Crippen LogP contribution in [0.3, 0.4) is 0 Å². The molecule has 1 saturated heterocycles. The highest BCUT2D eigenvalue weighted by Gasteiger charge is 2.33. The minimum absolute atomic E-state index is 0.129. The van der Waals surface area contributed by atoms with Gasteiger partial charge in [-0.05, 0) is 11.6 Å². The van der Waals surface area contributed by atoms with E-state index in [1.54, 1.807) is 0 Å². The topological polar surface area (TPSA) is 83.9 Å². The lowest BCUT2D eigenvalue weighted by atomic mass is 9.99. The first kappa shape index (κ1) is 21.5. The molecule has 4 heterocycles. The molecule has 1 N–H and O–H groups in total. The van der Waals surface area contributed by atoms with E-state index < -0.39 is 17.7 Å². The lowest BCUT2D eigenvalue weighted by molar-refractivity contribution is -0.147. The molecule has 0 radical (unpaired) electrons. The molecule has 0 amide bonds. The second-order valence-corrected chi connectivity index (χ2v) is 8.30. The monoisotopic (exact) mass is 476 g/mol. The molecule has 1 aliphatic heterocycles. The average Bonchev–Trinajstić information content (AvgIpc) is 3.37. The van der Waals surface area contributed by atoms with Gasteiger partial charge < -0.3 is 13.9 Å². The Kier molecular flexibility index (Phi) is 5.13. The number of halogens is 4. The predicted octanol–water partition coefficient (Wildman–Crippen LogP) is 4.84. The molecule has 5 rings (SSSR count). The quantitative estimate of drug-likeness (QED) is 0.443. The maximum atomic E-state index is 13.0. The molecule has 0 bridgehead atoms. The van der Waals surface area contributed by atoms with E-state index in [-0.39, 0.29) is 28.2 Å². The number of carbonyl (C=O) groups is 1. The second kappa shape index (κ2) is 7.89. The van der Waals surface area contributed by atoms with Crippen molar-refractivity contribution >= 4 is 23.2 Å². The van der Waals surface area contributed by atoms with Gasteiger partial charge in [0.25, 0.3) is 0 Å². The normalized spacial score (nSPS) is 15.2. The molecule has 3 aromatic heterocycles. The summed E-state index contributed by atoms with van der Waals surface area (Å²) in [6.45, 7) is 1.74. The van der Waals surface area contributed by atoms with E-state index in [9.17, 15) is 18.0 Å². The molecular weight excluding hydrogens is 461 g/mol. The van der Waals surface area contributed by atoms with Gasteiger partial charge in [0, 0.05) is 37.6 Å². The molecule has 1 aromatic carbocycles. The van der Waals surface area contributed by atoms with Crippen molar-refractivity contribution in [2.75, 3.05) is 13.1 Å². The van der Waals surface area contributed by atoms with E-state index in [1.165, 1.54) is 16.9 Å². The van der Waals surface area contributed by atoms with Crippen LogP contribution in [0, 0.1) is 5.92 Å². The Hall–Kier alpha value is -3.37. The average molecular weight is 477 g/mol. The van der Waals surface area contributed by atoms with Crippen molar-refractivity contribution in [2.45, 2.75) is 12.7 Å². The minimum Gasteiger partial charge on any atom is -0.481 e. The molecule has 0 saturated carbocycles. The van der Waals surface area contributed by atoms with Crippen LogP contribution in [0.4, 0.5) is 13.2 Å². The minimum atomic E-state index is -4.53. The van der Waals surface area contributed by atoms with Crippen LogP contribution in [0.25, 0.3) is 28.5 Å². The maximum Gasteiger partial charge on any atom is 0.417 e. The number of pyridine rings is 1. The number of likely N-dealkylation sites (tertiary alicyclic amines) is 1. The zero-order valence-electron chi connectivity index (χ0n) is 16.9. The molecular formula is C22H16ClF3N4O3. The van der Waals surface area contributed by atoms with Crippen molar-refractivity contribution in [3.8, 4) is 22.8 Å². The van der Waals surface area contributed by atoms with Crippen LogP contribution in [0.15, 0.2) is 53.4 Å². The van der Waals surface area contributed by atoms with Crippen LogP contribution < -0.4 is 0 Å². The molecule has 33 heavy (non-hydrogen) atoms. The fourth-order valence-corrected chi connectivity index (χ4v) is 3.99. The molecule has 0 spiro atoms. The fourth-order valence-electron chi connectivity index (χ4n) is 3.73. The summed E-state index contributed by atoms with van der Waals surface area (Å²) in [5.74, 6) is -0.910. The zero-order valence-corrected chi connectivity index (χ0v) is 17.6. The van der Waals surface area contributed by atoms with Gasteiger partial charge in [-0.3, -0.25) is 9.69 Å². The van der Waals surface area contributed by atoms with Crippen LogP contribution in [-0.2, 0) is 17.5 Å². The zero-order chi connectivity index (χ0) is 23.3. The Labute approximate surface area is 190 Å². The number of rotatable bonds is 5. The van der Waals surface area contributed by atoms with Gasteiger partial charge in [0.2, 0.25) is 5.89 Å². The molecule has 11 heteroatoms. The number of fused-ring (bicyclic) bond motifs is 1. The fraction of sp³-hybridized carbons (Fsp3) is 0.227. The summed E-state index contributed by atoms with van der Waals surface area (Å²) in [5.41, 5.74) is 1.92. The summed E-state index contributed by atoms with van der Waals surface area (Å²) >= 11 is 5.99. The first-order chi connectivity index (χ1) is 15.7. The van der Waals surface area contributed by atoms with Gasteiger partial charge in [-0.2, -0.15) is 13.2 Å². The number of hydrogen-bond donors (Lipinski definition) is 1. The number of carboxylic acids is 1. The van der Waals surface area contributed by atoms with Crippen molar-refractivity contribution < 1.29 is 27.5 Å². The van der Waals surface area contributed by atoms with Gasteiger partial charge in [0.15, 0.2) is 5.65 Å². The van der Waals surface area contributed by atoms with Crippen LogP contribution >= 0.6 is 11.6 Å². The van der Waals surface area contributed by atoms with E-state index >= 15 is 0 Å². The van der Waals surface area contributed by atoms with Gasteiger partial charge >= 0.3 is 12.1 Å². The Morgan fingerprint density at radius 2 is 1.88 bits per heavy atom.